The Kier molecular flexibility index (Phi) is 5.84. The van der Waals surface area contributed by atoms with Crippen LogP contribution in [0.1, 0.15) is 31.0 Å². The van der Waals surface area contributed by atoms with Gasteiger partial charge in [-0.15, -0.1) is 0 Å². The van der Waals surface area contributed by atoms with Crippen molar-refractivity contribution in [3.05, 3.63) is 71.8 Å². The molecule has 0 aliphatic carbocycles. The Bertz CT molecular complexity index is 674. The van der Waals surface area contributed by atoms with Crippen molar-refractivity contribution in [3.8, 4) is 0 Å². The molecule has 0 radical (unpaired) electrons. The zero-order valence-electron chi connectivity index (χ0n) is 14.8. The minimum Gasteiger partial charge on any atom is -0.465 e. The Morgan fingerprint density at radius 3 is 2.36 bits per heavy atom. The van der Waals surface area contributed by atoms with Gasteiger partial charge in [0, 0.05) is 6.04 Å². The molecular weight excluding hydrogens is 314 g/mol. The smallest absolute Gasteiger partial charge is 0.325 e. The minimum absolute atomic E-state index is 0.0676. The summed E-state index contributed by atoms with van der Waals surface area (Å²) in [6, 6.07) is 20.3. The van der Waals surface area contributed by atoms with Crippen LogP contribution >= 0.6 is 0 Å². The van der Waals surface area contributed by atoms with Crippen LogP contribution in [-0.2, 0) is 20.9 Å². The molecule has 3 rings (SSSR count). The fourth-order valence-corrected chi connectivity index (χ4v) is 3.29. The largest absolute Gasteiger partial charge is 0.465 e. The monoisotopic (exact) mass is 339 g/mol. The van der Waals surface area contributed by atoms with Gasteiger partial charge in [0.05, 0.1) is 25.9 Å². The summed E-state index contributed by atoms with van der Waals surface area (Å²) in [5.41, 5.74) is 2.33. The first-order chi connectivity index (χ1) is 12.2. The van der Waals surface area contributed by atoms with Gasteiger partial charge in [0.2, 0.25) is 0 Å². The topological polar surface area (TPSA) is 38.5 Å². The molecule has 1 fully saturated rings. The van der Waals surface area contributed by atoms with Gasteiger partial charge in [0.25, 0.3) is 0 Å². The third-order valence-electron chi connectivity index (χ3n) is 4.64. The molecule has 1 aliphatic rings. The lowest BCUT2D eigenvalue weighted by Crippen LogP contribution is -2.18. The van der Waals surface area contributed by atoms with Crippen LogP contribution in [0.4, 0.5) is 0 Å². The van der Waals surface area contributed by atoms with E-state index in [9.17, 15) is 4.79 Å². The summed E-state index contributed by atoms with van der Waals surface area (Å²) >= 11 is 0. The molecule has 1 unspecified atom stereocenters. The van der Waals surface area contributed by atoms with E-state index in [1.54, 1.807) is 0 Å². The van der Waals surface area contributed by atoms with E-state index in [0.717, 1.165) is 5.56 Å². The predicted molar refractivity (Wildman–Crippen MR) is 97.0 cm³/mol. The second-order valence-corrected chi connectivity index (χ2v) is 6.30. The summed E-state index contributed by atoms with van der Waals surface area (Å²) < 4.78 is 11.1. The number of nitrogens with zero attached hydrogens (tertiary/aromatic N) is 1. The number of hydrogen-bond donors (Lipinski definition) is 0. The van der Waals surface area contributed by atoms with Gasteiger partial charge in [-0.25, -0.2) is 0 Å². The molecule has 2 aromatic rings. The molecule has 0 amide bonds. The Labute approximate surface area is 149 Å². The summed E-state index contributed by atoms with van der Waals surface area (Å²) in [5.74, 6) is -0.154. The van der Waals surface area contributed by atoms with E-state index in [4.69, 9.17) is 9.47 Å². The van der Waals surface area contributed by atoms with E-state index in [1.807, 2.05) is 55.5 Å². The second-order valence-electron chi connectivity index (χ2n) is 6.30. The molecule has 0 bridgehead atoms. The lowest BCUT2D eigenvalue weighted by atomic mass is 10.1. The average molecular weight is 339 g/mol. The molecule has 2 aromatic carbocycles. The first-order valence-electron chi connectivity index (χ1n) is 8.83. The van der Waals surface area contributed by atoms with Gasteiger partial charge in [-0.1, -0.05) is 60.7 Å². The maximum absolute atomic E-state index is 12.3. The number of carbonyl (C=O) groups excluding carboxylic acids is 1. The summed E-state index contributed by atoms with van der Waals surface area (Å²) in [4.78, 5) is 14.5. The van der Waals surface area contributed by atoms with Crippen molar-refractivity contribution in [2.45, 2.75) is 38.6 Å². The maximum Gasteiger partial charge on any atom is 0.325 e. The van der Waals surface area contributed by atoms with Crippen LogP contribution < -0.4 is 0 Å². The highest BCUT2D eigenvalue weighted by Gasteiger charge is 2.55. The molecule has 132 valence electrons. The van der Waals surface area contributed by atoms with Gasteiger partial charge in [-0.05, 0) is 25.0 Å². The fraction of sp³-hybridized carbons (Fsp3) is 0.381. The van der Waals surface area contributed by atoms with Crippen molar-refractivity contribution in [1.29, 1.82) is 0 Å². The summed E-state index contributed by atoms with van der Waals surface area (Å²) in [5, 5.41) is 0. The molecule has 1 saturated heterocycles. The SMILES string of the molecule is CCOC(=O)[C@H]1[C@H](COCc2ccccc2)N1[C@@H](C)c1ccccc1. The number of carbonyl (C=O) groups is 1. The third kappa shape index (κ3) is 4.27. The van der Waals surface area contributed by atoms with Crippen molar-refractivity contribution in [2.75, 3.05) is 13.2 Å². The zero-order valence-corrected chi connectivity index (χ0v) is 14.8. The van der Waals surface area contributed by atoms with E-state index >= 15 is 0 Å². The van der Waals surface area contributed by atoms with Crippen LogP contribution in [0.15, 0.2) is 60.7 Å². The van der Waals surface area contributed by atoms with Crippen LogP contribution in [0, 0.1) is 0 Å². The predicted octanol–water partition coefficient (Wildman–Crippen LogP) is 3.58. The third-order valence-corrected chi connectivity index (χ3v) is 4.64. The molecule has 0 aromatic heterocycles. The zero-order chi connectivity index (χ0) is 17.6. The first-order valence-corrected chi connectivity index (χ1v) is 8.83. The van der Waals surface area contributed by atoms with E-state index in [2.05, 4.69) is 24.0 Å². The first kappa shape index (κ1) is 17.6. The highest BCUT2D eigenvalue weighted by atomic mass is 16.5. The van der Waals surface area contributed by atoms with Crippen LogP contribution in [0.5, 0.6) is 0 Å². The van der Waals surface area contributed by atoms with Gasteiger partial charge in [0.15, 0.2) is 0 Å². The van der Waals surface area contributed by atoms with Crippen molar-refractivity contribution in [1.82, 2.24) is 4.90 Å². The van der Waals surface area contributed by atoms with E-state index in [0.29, 0.717) is 19.8 Å². The summed E-state index contributed by atoms with van der Waals surface area (Å²) in [6.07, 6.45) is 0. The minimum atomic E-state index is -0.217. The number of ether oxygens (including phenoxy) is 2. The number of benzene rings is 2. The van der Waals surface area contributed by atoms with Gasteiger partial charge < -0.3 is 9.47 Å². The van der Waals surface area contributed by atoms with Gasteiger partial charge in [0.1, 0.15) is 6.04 Å². The molecule has 0 saturated carbocycles. The summed E-state index contributed by atoms with van der Waals surface area (Å²) in [7, 11) is 0. The number of hydrogen-bond acceptors (Lipinski definition) is 4. The molecule has 1 aliphatic heterocycles. The number of esters is 1. The molecule has 0 spiro atoms. The molecule has 1 heterocycles. The molecule has 4 nitrogen and oxygen atoms in total. The molecule has 25 heavy (non-hydrogen) atoms. The van der Waals surface area contributed by atoms with Crippen molar-refractivity contribution in [2.24, 2.45) is 0 Å². The Hall–Kier alpha value is -2.17. The van der Waals surface area contributed by atoms with Crippen LogP contribution in [0.2, 0.25) is 0 Å². The van der Waals surface area contributed by atoms with Gasteiger partial charge in [-0.3, -0.25) is 9.69 Å². The Morgan fingerprint density at radius 2 is 1.72 bits per heavy atom. The Balaban J connectivity index is 1.62. The molecular formula is C21H25NO3. The van der Waals surface area contributed by atoms with Gasteiger partial charge in [-0.2, -0.15) is 0 Å². The van der Waals surface area contributed by atoms with Gasteiger partial charge >= 0.3 is 5.97 Å². The van der Waals surface area contributed by atoms with Crippen molar-refractivity contribution >= 4 is 5.97 Å². The summed E-state index contributed by atoms with van der Waals surface area (Å²) in [6.45, 7) is 5.45. The van der Waals surface area contributed by atoms with Crippen LogP contribution in [0.3, 0.4) is 0 Å². The fourth-order valence-electron chi connectivity index (χ4n) is 3.29. The highest BCUT2D eigenvalue weighted by Crippen LogP contribution is 2.39. The second kappa shape index (κ2) is 8.28. The number of rotatable bonds is 8. The van der Waals surface area contributed by atoms with Crippen LogP contribution in [0.25, 0.3) is 0 Å². The lowest BCUT2D eigenvalue weighted by molar-refractivity contribution is -0.143. The van der Waals surface area contributed by atoms with Crippen LogP contribution in [-0.4, -0.2) is 36.2 Å². The van der Waals surface area contributed by atoms with E-state index in [1.165, 1.54) is 5.56 Å². The highest BCUT2D eigenvalue weighted by molar-refractivity contribution is 5.80. The molecule has 4 atom stereocenters. The molecule has 4 heteroatoms. The normalized spacial score (nSPS) is 23.0. The Morgan fingerprint density at radius 1 is 1.08 bits per heavy atom. The lowest BCUT2D eigenvalue weighted by Gasteiger charge is -2.15. The van der Waals surface area contributed by atoms with E-state index < -0.39 is 0 Å². The quantitative estimate of drug-likeness (QED) is 0.544. The molecule has 0 N–H and O–H groups in total. The maximum atomic E-state index is 12.3. The van der Waals surface area contributed by atoms with Crippen molar-refractivity contribution in [3.63, 3.8) is 0 Å². The standard InChI is InChI=1S/C21H25NO3/c1-3-25-21(23)20-19(15-24-14-17-10-6-4-7-11-17)22(20)16(2)18-12-8-5-9-13-18/h4-13,16,19-20H,3,14-15H2,1-2H3/t16-,19-,20+,22?/m0/s1. The average Bonchev–Trinajstić information content (AvgIpc) is 3.37. The van der Waals surface area contributed by atoms with Crippen molar-refractivity contribution < 1.29 is 14.3 Å². The van der Waals surface area contributed by atoms with E-state index in [-0.39, 0.29) is 24.1 Å².